The van der Waals surface area contributed by atoms with Gasteiger partial charge in [-0.1, -0.05) is 24.3 Å². The number of rotatable bonds is 5. The molecule has 38 heavy (non-hydrogen) atoms. The molecule has 2 aliphatic rings. The predicted molar refractivity (Wildman–Crippen MR) is 147 cm³/mol. The summed E-state index contributed by atoms with van der Waals surface area (Å²) in [4.78, 5) is 37.6. The minimum absolute atomic E-state index is 0.0347. The molecule has 8 heteroatoms. The third-order valence-electron chi connectivity index (χ3n) is 8.06. The van der Waals surface area contributed by atoms with E-state index in [1.165, 1.54) is 0 Å². The van der Waals surface area contributed by atoms with Crippen LogP contribution in [0.1, 0.15) is 55.1 Å². The first-order valence-electron chi connectivity index (χ1n) is 13.7. The van der Waals surface area contributed by atoms with Gasteiger partial charge in [0, 0.05) is 76.7 Å². The molecule has 3 aromatic rings. The molecular formula is C30H38N6O2. The van der Waals surface area contributed by atoms with Gasteiger partial charge in [-0.2, -0.15) is 5.10 Å². The van der Waals surface area contributed by atoms with Crippen LogP contribution in [-0.4, -0.2) is 61.6 Å². The second-order valence-corrected chi connectivity index (χ2v) is 10.7. The maximum atomic E-state index is 13.8. The Kier molecular flexibility index (Phi) is 7.88. The number of aromatic nitrogens is 3. The number of hydrogen-bond donors (Lipinski definition) is 0. The first kappa shape index (κ1) is 26.1. The number of aryl methyl sites for hydroxylation is 3. The lowest BCUT2D eigenvalue weighted by Crippen LogP contribution is -2.45. The Morgan fingerprint density at radius 2 is 1.82 bits per heavy atom. The molecule has 0 N–H and O–H groups in total. The molecule has 2 atom stereocenters. The van der Waals surface area contributed by atoms with Gasteiger partial charge < -0.3 is 9.80 Å². The van der Waals surface area contributed by atoms with Gasteiger partial charge in [-0.15, -0.1) is 0 Å². The van der Waals surface area contributed by atoms with Crippen molar-refractivity contribution in [2.24, 2.45) is 7.05 Å². The number of nitrogens with zero attached hydrogens (tertiary/aromatic N) is 6. The van der Waals surface area contributed by atoms with E-state index in [1.54, 1.807) is 6.92 Å². The fraction of sp³-hybridized carbons (Fsp3) is 0.467. The lowest BCUT2D eigenvalue weighted by Gasteiger charge is -2.33. The van der Waals surface area contributed by atoms with Crippen LogP contribution in [0, 0.1) is 6.92 Å². The van der Waals surface area contributed by atoms with Crippen LogP contribution in [0.2, 0.25) is 0 Å². The molecule has 200 valence electrons. The molecule has 2 aliphatic heterocycles. The lowest BCUT2D eigenvalue weighted by atomic mass is 10.1. The zero-order valence-electron chi connectivity index (χ0n) is 22.7. The number of fused-ring (bicyclic) bond motifs is 3. The zero-order valence-corrected chi connectivity index (χ0v) is 22.7. The molecule has 0 radical (unpaired) electrons. The van der Waals surface area contributed by atoms with E-state index < -0.39 is 0 Å². The van der Waals surface area contributed by atoms with E-state index in [0.29, 0.717) is 38.5 Å². The van der Waals surface area contributed by atoms with Crippen LogP contribution in [0.25, 0.3) is 0 Å². The summed E-state index contributed by atoms with van der Waals surface area (Å²) in [6, 6.07) is 14.7. The molecule has 0 aliphatic carbocycles. The second kappa shape index (κ2) is 11.5. The Balaban J connectivity index is 1.45. The molecule has 2 amide bonds. The monoisotopic (exact) mass is 514 g/mol. The second-order valence-electron chi connectivity index (χ2n) is 10.7. The van der Waals surface area contributed by atoms with E-state index in [4.69, 9.17) is 0 Å². The molecule has 1 aromatic carbocycles. The lowest BCUT2D eigenvalue weighted by molar-refractivity contribution is -0.132. The average molecular weight is 515 g/mol. The van der Waals surface area contributed by atoms with Crippen molar-refractivity contribution < 1.29 is 9.59 Å². The Hall–Kier alpha value is -3.52. The molecule has 8 nitrogen and oxygen atoms in total. The Morgan fingerprint density at radius 1 is 1.03 bits per heavy atom. The van der Waals surface area contributed by atoms with Gasteiger partial charge >= 0.3 is 0 Å². The van der Waals surface area contributed by atoms with Crippen LogP contribution < -0.4 is 4.90 Å². The van der Waals surface area contributed by atoms with Crippen LogP contribution in [-0.2, 0) is 36.1 Å². The van der Waals surface area contributed by atoms with Gasteiger partial charge in [0.2, 0.25) is 11.8 Å². The molecule has 1 fully saturated rings. The molecule has 2 aromatic heterocycles. The number of carbonyl (C=O) groups is 2. The summed E-state index contributed by atoms with van der Waals surface area (Å²) >= 11 is 0. The minimum Gasteiger partial charge on any atom is -0.337 e. The summed E-state index contributed by atoms with van der Waals surface area (Å²) < 4.78 is 1.81. The van der Waals surface area contributed by atoms with Crippen LogP contribution in [0.15, 0.2) is 54.9 Å². The van der Waals surface area contributed by atoms with E-state index in [2.05, 4.69) is 27.1 Å². The number of para-hydroxylation sites is 1. The minimum atomic E-state index is 0.0347. The van der Waals surface area contributed by atoms with Gasteiger partial charge in [-0.05, 0) is 61.9 Å². The van der Waals surface area contributed by atoms with Crippen LogP contribution in [0.5, 0.6) is 0 Å². The summed E-state index contributed by atoms with van der Waals surface area (Å²) in [5.41, 5.74) is 5.05. The van der Waals surface area contributed by atoms with Crippen molar-refractivity contribution in [3.8, 4) is 0 Å². The van der Waals surface area contributed by atoms with Crippen LogP contribution >= 0.6 is 0 Å². The Bertz CT molecular complexity index is 1270. The zero-order chi connectivity index (χ0) is 26.6. The number of carbonyl (C=O) groups excluding carboxylic acids is 2. The smallest absolute Gasteiger partial charge is 0.223 e. The van der Waals surface area contributed by atoms with Gasteiger partial charge in [0.1, 0.15) is 0 Å². The van der Waals surface area contributed by atoms with E-state index in [-0.39, 0.29) is 17.9 Å². The van der Waals surface area contributed by atoms with E-state index in [0.717, 1.165) is 54.0 Å². The molecule has 0 saturated carbocycles. The maximum absolute atomic E-state index is 13.8. The maximum Gasteiger partial charge on any atom is 0.223 e. The largest absolute Gasteiger partial charge is 0.337 e. The van der Waals surface area contributed by atoms with Crippen LogP contribution in [0.3, 0.4) is 0 Å². The fourth-order valence-corrected chi connectivity index (χ4v) is 6.10. The van der Waals surface area contributed by atoms with Crippen molar-refractivity contribution >= 4 is 17.5 Å². The van der Waals surface area contributed by atoms with Gasteiger partial charge in [-0.3, -0.25) is 24.2 Å². The summed E-state index contributed by atoms with van der Waals surface area (Å²) in [7, 11) is 1.91. The SMILES string of the molecule is CC(=O)N1CC[C@@H]2CC[C@H](CN(C(=O)CCc3cn(C)nc3C)Cc3ccccc31)N2Cc1ccccn1. The van der Waals surface area contributed by atoms with Crippen molar-refractivity contribution in [1.29, 1.82) is 0 Å². The summed E-state index contributed by atoms with van der Waals surface area (Å²) in [5, 5.41) is 4.44. The van der Waals surface area contributed by atoms with Gasteiger partial charge in [0.25, 0.3) is 0 Å². The highest BCUT2D eigenvalue weighted by molar-refractivity contribution is 5.92. The van der Waals surface area contributed by atoms with E-state index >= 15 is 0 Å². The van der Waals surface area contributed by atoms with Crippen molar-refractivity contribution in [2.45, 2.75) is 71.1 Å². The van der Waals surface area contributed by atoms with E-state index in [9.17, 15) is 9.59 Å². The number of anilines is 1. The summed E-state index contributed by atoms with van der Waals surface area (Å²) in [5.74, 6) is 0.172. The van der Waals surface area contributed by atoms with Crippen molar-refractivity contribution in [1.82, 2.24) is 24.6 Å². The van der Waals surface area contributed by atoms with E-state index in [1.807, 2.05) is 71.2 Å². The third-order valence-corrected chi connectivity index (χ3v) is 8.06. The van der Waals surface area contributed by atoms with Gasteiger partial charge in [-0.25, -0.2) is 0 Å². The van der Waals surface area contributed by atoms with Crippen molar-refractivity contribution in [3.05, 3.63) is 77.4 Å². The highest BCUT2D eigenvalue weighted by Crippen LogP contribution is 2.32. The standard InChI is InChI=1S/C30H38N6O2/c1-22-24(18-33(3)32-22)11-14-30(38)34-19-25-8-4-5-10-29(25)35(23(2)37)17-15-27-12-13-28(21-34)36(27)20-26-9-6-7-16-31-26/h4-10,16,18,27-28H,11-15,17,19-21H2,1-3H3/t27-,28+/m0/s1. The molecule has 4 heterocycles. The summed E-state index contributed by atoms with van der Waals surface area (Å²) in [6.07, 6.45) is 7.93. The Morgan fingerprint density at radius 3 is 2.55 bits per heavy atom. The fourth-order valence-electron chi connectivity index (χ4n) is 6.10. The number of pyridine rings is 1. The van der Waals surface area contributed by atoms with Crippen LogP contribution in [0.4, 0.5) is 5.69 Å². The molecule has 1 saturated heterocycles. The number of benzene rings is 1. The highest BCUT2D eigenvalue weighted by atomic mass is 16.2. The normalized spacial score (nSPS) is 20.2. The Labute approximate surface area is 225 Å². The quantitative estimate of drug-likeness (QED) is 0.517. The molecule has 2 bridgehead atoms. The van der Waals surface area contributed by atoms with Gasteiger partial charge in [0.15, 0.2) is 0 Å². The first-order valence-corrected chi connectivity index (χ1v) is 13.7. The topological polar surface area (TPSA) is 74.6 Å². The molecule has 5 rings (SSSR count). The first-order chi connectivity index (χ1) is 18.4. The van der Waals surface area contributed by atoms with Gasteiger partial charge in [0.05, 0.1) is 11.4 Å². The highest BCUT2D eigenvalue weighted by Gasteiger charge is 2.36. The molecular weight excluding hydrogens is 476 g/mol. The van der Waals surface area contributed by atoms with Crippen molar-refractivity contribution in [3.63, 3.8) is 0 Å². The summed E-state index contributed by atoms with van der Waals surface area (Å²) in [6.45, 7) is 6.20. The average Bonchev–Trinajstić information content (AvgIpc) is 3.42. The molecule has 0 spiro atoms. The molecule has 0 unspecified atom stereocenters. The van der Waals surface area contributed by atoms with Crippen molar-refractivity contribution in [2.75, 3.05) is 18.0 Å². The number of amides is 2. The number of hydrogen-bond acceptors (Lipinski definition) is 5. The predicted octanol–water partition coefficient (Wildman–Crippen LogP) is 3.87. The third kappa shape index (κ3) is 5.80.